The van der Waals surface area contributed by atoms with Crippen LogP contribution in [0.5, 0.6) is 0 Å². The predicted molar refractivity (Wildman–Crippen MR) is 103 cm³/mol. The van der Waals surface area contributed by atoms with Crippen LogP contribution in [0.4, 0.5) is 0 Å². The molecular weight excluding hydrogens is 360 g/mol. The van der Waals surface area contributed by atoms with Gasteiger partial charge in [-0.3, -0.25) is 0 Å². The zero-order chi connectivity index (χ0) is 19.7. The smallest absolute Gasteiger partial charge is 0.360 e. The molecule has 142 valence electrons. The lowest BCUT2D eigenvalue weighted by Crippen LogP contribution is -2.04. The van der Waals surface area contributed by atoms with Crippen LogP contribution in [0.1, 0.15) is 34.7 Å². The Morgan fingerprint density at radius 2 is 1.86 bits per heavy atom. The topological polar surface area (TPSA) is 99.1 Å². The molecule has 28 heavy (non-hydrogen) atoms. The number of ether oxygens (including phenoxy) is 2. The van der Waals surface area contributed by atoms with E-state index >= 15 is 0 Å². The van der Waals surface area contributed by atoms with Crippen LogP contribution >= 0.6 is 0 Å². The molecular formula is C20H18N4O4. The van der Waals surface area contributed by atoms with Crippen LogP contribution < -0.4 is 0 Å². The Balaban J connectivity index is 1.89. The summed E-state index contributed by atoms with van der Waals surface area (Å²) < 4.78 is 11.6. The predicted octanol–water partition coefficient (Wildman–Crippen LogP) is 3.26. The fourth-order valence-electron chi connectivity index (χ4n) is 3.21. The highest BCUT2D eigenvalue weighted by Crippen LogP contribution is 2.31. The van der Waals surface area contributed by atoms with Crippen molar-refractivity contribution >= 4 is 33.6 Å². The zero-order valence-electron chi connectivity index (χ0n) is 15.4. The fourth-order valence-corrected chi connectivity index (χ4v) is 3.21. The van der Waals surface area contributed by atoms with Gasteiger partial charge in [0.15, 0.2) is 5.69 Å². The first-order valence-corrected chi connectivity index (χ1v) is 8.93. The van der Waals surface area contributed by atoms with Gasteiger partial charge in [-0.25, -0.2) is 14.3 Å². The van der Waals surface area contributed by atoms with Gasteiger partial charge in [0, 0.05) is 17.0 Å². The van der Waals surface area contributed by atoms with Gasteiger partial charge in [-0.05, 0) is 25.3 Å². The summed E-state index contributed by atoms with van der Waals surface area (Å²) in [5.41, 5.74) is 2.11. The summed E-state index contributed by atoms with van der Waals surface area (Å²) >= 11 is 0. The van der Waals surface area contributed by atoms with Crippen LogP contribution in [0, 0.1) is 0 Å². The summed E-state index contributed by atoms with van der Waals surface area (Å²) in [7, 11) is 0. The van der Waals surface area contributed by atoms with E-state index in [4.69, 9.17) is 9.47 Å². The average molecular weight is 378 g/mol. The second kappa shape index (κ2) is 7.15. The molecule has 0 aliphatic rings. The van der Waals surface area contributed by atoms with E-state index in [9.17, 15) is 9.59 Å². The van der Waals surface area contributed by atoms with Crippen LogP contribution in [-0.4, -0.2) is 45.1 Å². The molecule has 8 heteroatoms. The fraction of sp³-hybridized carbons (Fsp3) is 0.200. The molecule has 4 aromatic rings. The van der Waals surface area contributed by atoms with Crippen molar-refractivity contribution < 1.29 is 19.1 Å². The molecule has 0 atom stereocenters. The summed E-state index contributed by atoms with van der Waals surface area (Å²) in [6, 6.07) is 9.55. The Hall–Kier alpha value is -3.68. The molecule has 0 saturated heterocycles. The molecule has 4 rings (SSSR count). The summed E-state index contributed by atoms with van der Waals surface area (Å²) in [5, 5.41) is 10.6. The molecule has 0 saturated carbocycles. The van der Waals surface area contributed by atoms with E-state index in [1.165, 1.54) is 10.9 Å². The van der Waals surface area contributed by atoms with E-state index in [1.807, 2.05) is 30.3 Å². The quantitative estimate of drug-likeness (QED) is 0.535. The monoisotopic (exact) mass is 378 g/mol. The van der Waals surface area contributed by atoms with Crippen molar-refractivity contribution in [3.63, 3.8) is 0 Å². The standard InChI is InChI=1S/C20H18N4O4/c1-3-27-19(25)14-10-21-18-13(14)9-8-12-6-5-7-16(17(12)18)24-11-15(22-23-24)20(26)28-4-2/h5-11,21H,3-4H2,1-2H3. The van der Waals surface area contributed by atoms with E-state index in [0.29, 0.717) is 12.2 Å². The molecule has 0 aliphatic carbocycles. The molecule has 1 N–H and O–H groups in total. The van der Waals surface area contributed by atoms with Gasteiger partial charge >= 0.3 is 11.9 Å². The number of benzene rings is 2. The van der Waals surface area contributed by atoms with Crippen molar-refractivity contribution in [2.24, 2.45) is 0 Å². The SMILES string of the molecule is CCOC(=O)c1cn(-c2cccc3ccc4c(C(=O)OCC)c[nH]c4c23)nn1. The second-order valence-corrected chi connectivity index (χ2v) is 6.06. The summed E-state index contributed by atoms with van der Waals surface area (Å²) in [6.07, 6.45) is 3.17. The number of aromatic amines is 1. The molecule has 8 nitrogen and oxygen atoms in total. The van der Waals surface area contributed by atoms with Gasteiger partial charge in [0.1, 0.15) is 0 Å². The van der Waals surface area contributed by atoms with Crippen molar-refractivity contribution in [1.29, 1.82) is 0 Å². The molecule has 0 fully saturated rings. The molecule has 0 aliphatic heterocycles. The maximum Gasteiger partial charge on any atom is 0.360 e. The third-order valence-electron chi connectivity index (χ3n) is 4.39. The Labute approximate surface area is 160 Å². The second-order valence-electron chi connectivity index (χ2n) is 6.06. The van der Waals surface area contributed by atoms with Crippen molar-refractivity contribution in [3.8, 4) is 5.69 Å². The number of fused-ring (bicyclic) bond motifs is 3. The molecule has 0 amide bonds. The van der Waals surface area contributed by atoms with Crippen LogP contribution in [0.25, 0.3) is 27.4 Å². The van der Waals surface area contributed by atoms with Gasteiger partial charge in [-0.15, -0.1) is 5.10 Å². The number of H-pyrrole nitrogens is 1. The molecule has 2 heterocycles. The molecule has 0 unspecified atom stereocenters. The number of carbonyl (C=O) groups is 2. The Bertz CT molecular complexity index is 1190. The summed E-state index contributed by atoms with van der Waals surface area (Å²) in [4.78, 5) is 27.3. The van der Waals surface area contributed by atoms with Crippen molar-refractivity contribution in [2.75, 3.05) is 13.2 Å². The molecule has 0 spiro atoms. The average Bonchev–Trinajstić information content (AvgIpc) is 3.35. The first-order valence-electron chi connectivity index (χ1n) is 8.93. The number of nitrogens with zero attached hydrogens (tertiary/aromatic N) is 3. The lowest BCUT2D eigenvalue weighted by Gasteiger charge is -2.08. The van der Waals surface area contributed by atoms with E-state index < -0.39 is 5.97 Å². The van der Waals surface area contributed by atoms with Gasteiger partial charge in [-0.2, -0.15) is 0 Å². The van der Waals surface area contributed by atoms with E-state index in [2.05, 4.69) is 15.3 Å². The van der Waals surface area contributed by atoms with E-state index in [1.54, 1.807) is 20.0 Å². The van der Waals surface area contributed by atoms with Crippen molar-refractivity contribution in [2.45, 2.75) is 13.8 Å². The number of aromatic nitrogens is 4. The zero-order valence-corrected chi connectivity index (χ0v) is 15.4. The van der Waals surface area contributed by atoms with Crippen LogP contribution in [0.3, 0.4) is 0 Å². The molecule has 0 radical (unpaired) electrons. The maximum atomic E-state index is 12.2. The third kappa shape index (κ3) is 2.88. The molecule has 2 aromatic heterocycles. The van der Waals surface area contributed by atoms with Crippen molar-refractivity contribution in [1.82, 2.24) is 20.0 Å². The highest BCUT2D eigenvalue weighted by Gasteiger charge is 2.18. The number of rotatable bonds is 5. The molecule has 2 aromatic carbocycles. The first-order chi connectivity index (χ1) is 13.6. The number of hydrogen-bond acceptors (Lipinski definition) is 6. The van der Waals surface area contributed by atoms with Crippen molar-refractivity contribution in [3.05, 3.63) is 54.0 Å². The van der Waals surface area contributed by atoms with Crippen LogP contribution in [-0.2, 0) is 9.47 Å². The summed E-state index contributed by atoms with van der Waals surface area (Å²) in [6.45, 7) is 4.07. The minimum Gasteiger partial charge on any atom is -0.462 e. The normalized spacial score (nSPS) is 11.1. The number of carbonyl (C=O) groups excluding carboxylic acids is 2. The maximum absolute atomic E-state index is 12.2. The lowest BCUT2D eigenvalue weighted by atomic mass is 10.0. The van der Waals surface area contributed by atoms with E-state index in [-0.39, 0.29) is 18.3 Å². The third-order valence-corrected chi connectivity index (χ3v) is 4.39. The Kier molecular flexibility index (Phi) is 4.52. The van der Waals surface area contributed by atoms with Gasteiger partial charge in [0.2, 0.25) is 0 Å². The minimum absolute atomic E-state index is 0.129. The highest BCUT2D eigenvalue weighted by molar-refractivity contribution is 6.15. The van der Waals surface area contributed by atoms with Crippen LogP contribution in [0.2, 0.25) is 0 Å². The number of esters is 2. The Morgan fingerprint density at radius 1 is 1.07 bits per heavy atom. The summed E-state index contributed by atoms with van der Waals surface area (Å²) in [5.74, 6) is -0.903. The largest absolute Gasteiger partial charge is 0.462 e. The highest BCUT2D eigenvalue weighted by atomic mass is 16.5. The van der Waals surface area contributed by atoms with Gasteiger partial charge in [-0.1, -0.05) is 29.5 Å². The first kappa shape index (κ1) is 17.7. The van der Waals surface area contributed by atoms with Crippen LogP contribution in [0.15, 0.2) is 42.7 Å². The molecule has 0 bridgehead atoms. The minimum atomic E-state index is -0.524. The number of nitrogens with one attached hydrogen (secondary N) is 1. The van der Waals surface area contributed by atoms with Gasteiger partial charge in [0.25, 0.3) is 0 Å². The van der Waals surface area contributed by atoms with Gasteiger partial charge < -0.3 is 14.5 Å². The van der Waals surface area contributed by atoms with Gasteiger partial charge in [0.05, 0.1) is 36.2 Å². The number of hydrogen-bond donors (Lipinski definition) is 1. The Morgan fingerprint density at radius 3 is 2.64 bits per heavy atom. The lowest BCUT2D eigenvalue weighted by molar-refractivity contribution is 0.0513. The van der Waals surface area contributed by atoms with E-state index in [0.717, 1.165) is 27.4 Å².